The second-order valence-electron chi connectivity index (χ2n) is 8.11. The van der Waals surface area contributed by atoms with Crippen LogP contribution in [0.2, 0.25) is 0 Å². The Balaban J connectivity index is 1.69. The van der Waals surface area contributed by atoms with Crippen LogP contribution in [0.5, 0.6) is 5.75 Å². The summed E-state index contributed by atoms with van der Waals surface area (Å²) in [4.78, 5) is 22.0. The van der Waals surface area contributed by atoms with Gasteiger partial charge in [-0.05, 0) is 49.4 Å². The van der Waals surface area contributed by atoms with Crippen molar-refractivity contribution in [2.45, 2.75) is 39.0 Å². The molecule has 1 aromatic heterocycles. The van der Waals surface area contributed by atoms with Crippen molar-refractivity contribution in [1.29, 1.82) is 0 Å². The lowest BCUT2D eigenvalue weighted by molar-refractivity contribution is -0.128. The highest BCUT2D eigenvalue weighted by atomic mass is 19.1. The quantitative estimate of drug-likeness (QED) is 0.390. The van der Waals surface area contributed by atoms with Crippen molar-refractivity contribution in [3.8, 4) is 5.75 Å². The Hall–Kier alpha value is -3.16. The number of nitrogens with one attached hydrogen (secondary N) is 1. The molecule has 1 heterocycles. The number of unbranched alkanes of at least 4 members (excludes halogenated alkanes) is 2. The largest absolute Gasteiger partial charge is 0.493 e. The maximum absolute atomic E-state index is 14.3. The molecule has 0 saturated carbocycles. The summed E-state index contributed by atoms with van der Waals surface area (Å²) in [5.41, 5.74) is 3.02. The average Bonchev–Trinajstić information content (AvgIpc) is 2.77. The predicted octanol–water partition coefficient (Wildman–Crippen LogP) is 3.36. The van der Waals surface area contributed by atoms with Gasteiger partial charge in [-0.1, -0.05) is 18.5 Å². The summed E-state index contributed by atoms with van der Waals surface area (Å²) in [5, 5.41) is 3.92. The van der Waals surface area contributed by atoms with Crippen LogP contribution in [0.25, 0.3) is 10.9 Å². The van der Waals surface area contributed by atoms with Crippen LogP contribution in [-0.2, 0) is 11.2 Å². The minimum absolute atomic E-state index is 0.156. The van der Waals surface area contributed by atoms with Crippen molar-refractivity contribution >= 4 is 41.6 Å². The Bertz CT molecular complexity index is 1090. The number of aromatic nitrogens is 2. The number of ether oxygens (including phenoxy) is 1. The van der Waals surface area contributed by atoms with E-state index in [0.29, 0.717) is 24.5 Å². The van der Waals surface area contributed by atoms with Gasteiger partial charge in [-0.2, -0.15) is 0 Å². The maximum Gasteiger partial charge on any atom is 0.222 e. The first-order valence-electron chi connectivity index (χ1n) is 11.0. The smallest absolute Gasteiger partial charge is 0.222 e. The molecule has 32 heavy (non-hydrogen) atoms. The summed E-state index contributed by atoms with van der Waals surface area (Å²) < 4.78 is 20.4. The number of anilines is 2. The molecule has 0 unspecified atom stereocenters. The molecule has 0 aliphatic heterocycles. The summed E-state index contributed by atoms with van der Waals surface area (Å²) in [5.74, 6) is 1.20. The van der Waals surface area contributed by atoms with Crippen LogP contribution >= 0.6 is 0 Å². The molecule has 0 atom stereocenters. The average molecular weight is 436 g/mol. The lowest BCUT2D eigenvalue weighted by Crippen LogP contribution is -2.21. The van der Waals surface area contributed by atoms with Crippen molar-refractivity contribution in [1.82, 2.24) is 14.9 Å². The third-order valence-electron chi connectivity index (χ3n) is 5.37. The summed E-state index contributed by atoms with van der Waals surface area (Å²) >= 11 is 0. The molecule has 168 valence electrons. The van der Waals surface area contributed by atoms with Crippen LogP contribution in [0.4, 0.5) is 15.9 Å². The molecule has 0 radical (unpaired) electrons. The number of rotatable bonds is 10. The lowest BCUT2D eigenvalue weighted by Gasteiger charge is -2.14. The van der Waals surface area contributed by atoms with Crippen LogP contribution in [0.15, 0.2) is 36.7 Å². The molecular formula is C24H30BFN4O2. The third kappa shape index (κ3) is 5.96. The van der Waals surface area contributed by atoms with E-state index in [1.54, 1.807) is 25.1 Å². The first-order chi connectivity index (χ1) is 15.4. The Kier molecular flexibility index (Phi) is 8.03. The molecule has 0 aliphatic carbocycles. The fourth-order valence-corrected chi connectivity index (χ4v) is 3.45. The molecule has 0 aliphatic rings. The molecule has 0 fully saturated rings. The number of halogens is 1. The van der Waals surface area contributed by atoms with Crippen LogP contribution in [0, 0.1) is 5.82 Å². The number of carbonyl (C=O) groups is 1. The van der Waals surface area contributed by atoms with E-state index in [1.165, 1.54) is 12.4 Å². The maximum atomic E-state index is 14.3. The minimum Gasteiger partial charge on any atom is -0.493 e. The molecule has 8 heteroatoms. The van der Waals surface area contributed by atoms with Gasteiger partial charge in [-0.15, -0.1) is 0 Å². The number of benzene rings is 2. The monoisotopic (exact) mass is 436 g/mol. The highest BCUT2D eigenvalue weighted by Gasteiger charge is 2.12. The normalized spacial score (nSPS) is 10.9. The molecule has 3 rings (SSSR count). The topological polar surface area (TPSA) is 67.4 Å². The molecule has 1 amide bonds. The van der Waals surface area contributed by atoms with Gasteiger partial charge in [-0.3, -0.25) is 4.79 Å². The molecule has 3 aromatic rings. The van der Waals surface area contributed by atoms with Crippen molar-refractivity contribution < 1.29 is 13.9 Å². The first-order valence-corrected chi connectivity index (χ1v) is 11.0. The number of carbonyl (C=O) groups excluding carboxylic acids is 1. The fraction of sp³-hybridized carbons (Fsp3) is 0.375. The van der Waals surface area contributed by atoms with Gasteiger partial charge in [0.25, 0.3) is 0 Å². The molecule has 1 N–H and O–H groups in total. The third-order valence-corrected chi connectivity index (χ3v) is 5.37. The van der Waals surface area contributed by atoms with Crippen molar-refractivity contribution in [2.75, 3.05) is 26.0 Å². The molecule has 2 aromatic carbocycles. The number of amides is 1. The predicted molar refractivity (Wildman–Crippen MR) is 129 cm³/mol. The van der Waals surface area contributed by atoms with E-state index in [-0.39, 0.29) is 11.7 Å². The lowest BCUT2D eigenvalue weighted by atomic mass is 9.96. The van der Waals surface area contributed by atoms with E-state index in [1.807, 2.05) is 26.0 Å². The van der Waals surface area contributed by atoms with E-state index in [9.17, 15) is 9.18 Å². The zero-order valence-electron chi connectivity index (χ0n) is 19.2. The van der Waals surface area contributed by atoms with Gasteiger partial charge in [0.2, 0.25) is 5.91 Å². The van der Waals surface area contributed by atoms with Crippen LogP contribution < -0.4 is 15.5 Å². The fourth-order valence-electron chi connectivity index (χ4n) is 3.45. The molecular weight excluding hydrogens is 406 g/mol. The van der Waals surface area contributed by atoms with Gasteiger partial charge in [0.05, 0.1) is 17.8 Å². The van der Waals surface area contributed by atoms with Gasteiger partial charge in [-0.25, -0.2) is 14.4 Å². The number of nitrogens with zero attached hydrogens (tertiary/aromatic N) is 3. The van der Waals surface area contributed by atoms with Crippen molar-refractivity contribution in [3.05, 3.63) is 48.0 Å². The molecule has 0 bridgehead atoms. The van der Waals surface area contributed by atoms with Gasteiger partial charge < -0.3 is 15.0 Å². The SMILES string of the molecule is Bc1ccc(Nc2ncnc3cc(OCCCCCC(=O)N(C)C)c(CC)cc23)c(F)c1. The first kappa shape index (κ1) is 23.5. The second kappa shape index (κ2) is 10.9. The highest BCUT2D eigenvalue weighted by Crippen LogP contribution is 2.30. The Morgan fingerprint density at radius 3 is 2.69 bits per heavy atom. The summed E-state index contributed by atoms with van der Waals surface area (Å²) in [6.45, 7) is 2.65. The summed E-state index contributed by atoms with van der Waals surface area (Å²) in [6, 6.07) is 8.99. The van der Waals surface area contributed by atoms with E-state index in [2.05, 4.69) is 22.2 Å². The highest BCUT2D eigenvalue weighted by molar-refractivity contribution is 6.32. The summed E-state index contributed by atoms with van der Waals surface area (Å²) in [7, 11) is 5.41. The van der Waals surface area contributed by atoms with E-state index in [4.69, 9.17) is 4.74 Å². The van der Waals surface area contributed by atoms with E-state index < -0.39 is 0 Å². The van der Waals surface area contributed by atoms with Gasteiger partial charge in [0.15, 0.2) is 0 Å². The zero-order chi connectivity index (χ0) is 23.1. The summed E-state index contributed by atoms with van der Waals surface area (Å²) in [6.07, 6.45) is 5.50. The van der Waals surface area contributed by atoms with Crippen LogP contribution in [-0.4, -0.2) is 49.3 Å². The molecule has 0 saturated heterocycles. The zero-order valence-corrected chi connectivity index (χ0v) is 19.2. The Labute approximate surface area is 189 Å². The molecule has 6 nitrogen and oxygen atoms in total. The second-order valence-corrected chi connectivity index (χ2v) is 8.11. The van der Waals surface area contributed by atoms with Gasteiger partial charge in [0.1, 0.15) is 31.6 Å². The van der Waals surface area contributed by atoms with Crippen LogP contribution in [0.3, 0.4) is 0 Å². The number of hydrogen-bond donors (Lipinski definition) is 1. The number of aryl methyl sites for hydroxylation is 1. The van der Waals surface area contributed by atoms with Gasteiger partial charge >= 0.3 is 0 Å². The Morgan fingerprint density at radius 2 is 1.97 bits per heavy atom. The van der Waals surface area contributed by atoms with E-state index >= 15 is 0 Å². The Morgan fingerprint density at radius 1 is 1.16 bits per heavy atom. The van der Waals surface area contributed by atoms with Crippen LogP contribution in [0.1, 0.15) is 38.2 Å². The number of hydrogen-bond acceptors (Lipinski definition) is 5. The number of fused-ring (bicyclic) bond motifs is 1. The standard InChI is InChI=1S/C24H30BFN4O2/c1-4-16-12-18-21(14-22(16)32-11-7-5-6-8-23(31)30(2)3)27-15-28-24(18)29-20-10-9-17(25)13-19(20)26/h9-10,12-15H,4-8,11,25H2,1-3H3,(H,27,28,29). The van der Waals surface area contributed by atoms with Crippen molar-refractivity contribution in [3.63, 3.8) is 0 Å². The van der Waals surface area contributed by atoms with Crippen molar-refractivity contribution in [2.24, 2.45) is 0 Å². The van der Waals surface area contributed by atoms with E-state index in [0.717, 1.165) is 53.4 Å². The molecule has 0 spiro atoms. The van der Waals surface area contributed by atoms with Gasteiger partial charge in [0, 0.05) is 32.0 Å². The minimum atomic E-state index is -0.320.